The van der Waals surface area contributed by atoms with Crippen LogP contribution in [0.4, 0.5) is 0 Å². The molecule has 1 N–H and O–H groups in total. The molecule has 4 nitrogen and oxygen atoms in total. The average Bonchev–Trinajstić information content (AvgIpc) is 2.96. The Morgan fingerprint density at radius 2 is 2.05 bits per heavy atom. The molecule has 4 heteroatoms. The average molecular weight is 291 g/mol. The van der Waals surface area contributed by atoms with E-state index in [1.165, 1.54) is 17.5 Å². The Hall–Kier alpha value is -1.55. The molecule has 0 saturated heterocycles. The maximum absolute atomic E-state index is 12.0. The summed E-state index contributed by atoms with van der Waals surface area (Å²) in [7, 11) is 1.80. The van der Waals surface area contributed by atoms with Gasteiger partial charge in [0.05, 0.1) is 0 Å². The van der Waals surface area contributed by atoms with Crippen molar-refractivity contribution in [1.29, 1.82) is 0 Å². The molecule has 0 fully saturated rings. The van der Waals surface area contributed by atoms with Crippen LogP contribution in [0.3, 0.4) is 0 Å². The number of hydrogen-bond donors (Lipinski definition) is 1. The van der Waals surface area contributed by atoms with Gasteiger partial charge in [0.15, 0.2) is 6.61 Å². The predicted molar refractivity (Wildman–Crippen MR) is 82.5 cm³/mol. The van der Waals surface area contributed by atoms with E-state index in [0.29, 0.717) is 6.54 Å². The van der Waals surface area contributed by atoms with Crippen LogP contribution in [-0.2, 0) is 17.6 Å². The summed E-state index contributed by atoms with van der Waals surface area (Å²) in [6.07, 6.45) is 6.15. The molecule has 0 unspecified atom stereocenters. The number of aliphatic hydroxyl groups excluding tert-OH is 1. The molecule has 1 aromatic rings. The first-order valence-electron chi connectivity index (χ1n) is 7.80. The van der Waals surface area contributed by atoms with Crippen LogP contribution in [0.5, 0.6) is 5.75 Å². The van der Waals surface area contributed by atoms with Crippen molar-refractivity contribution in [3.05, 3.63) is 29.3 Å². The lowest BCUT2D eigenvalue weighted by Crippen LogP contribution is -2.32. The van der Waals surface area contributed by atoms with Crippen molar-refractivity contribution >= 4 is 5.91 Å². The number of rotatable bonds is 8. The number of unbranched alkanes of at least 4 members (excludes halogenated alkanes) is 2. The smallest absolute Gasteiger partial charge is 0.260 e. The van der Waals surface area contributed by atoms with E-state index in [-0.39, 0.29) is 19.1 Å². The molecule has 0 spiro atoms. The molecular formula is C17H25NO3. The third-order valence-corrected chi connectivity index (χ3v) is 4.01. The van der Waals surface area contributed by atoms with Crippen molar-refractivity contribution in [3.63, 3.8) is 0 Å². The SMILES string of the molecule is CN(CCCCCO)C(=O)COc1ccc2c(c1)CCC2. The summed E-state index contributed by atoms with van der Waals surface area (Å²) in [6, 6.07) is 6.14. The molecule has 0 radical (unpaired) electrons. The summed E-state index contributed by atoms with van der Waals surface area (Å²) in [6.45, 7) is 1.03. The predicted octanol–water partition coefficient (Wildman–Crippen LogP) is 2.18. The highest BCUT2D eigenvalue weighted by atomic mass is 16.5. The number of fused-ring (bicyclic) bond motifs is 1. The van der Waals surface area contributed by atoms with Gasteiger partial charge in [-0.15, -0.1) is 0 Å². The van der Waals surface area contributed by atoms with Crippen molar-refractivity contribution < 1.29 is 14.6 Å². The minimum absolute atomic E-state index is 0.000466. The maximum Gasteiger partial charge on any atom is 0.260 e. The Morgan fingerprint density at radius 1 is 1.24 bits per heavy atom. The van der Waals surface area contributed by atoms with E-state index in [2.05, 4.69) is 12.1 Å². The molecule has 0 atom stereocenters. The first-order valence-corrected chi connectivity index (χ1v) is 7.80. The fourth-order valence-corrected chi connectivity index (χ4v) is 2.66. The molecule has 0 aliphatic heterocycles. The van der Waals surface area contributed by atoms with Crippen molar-refractivity contribution in [2.45, 2.75) is 38.5 Å². The van der Waals surface area contributed by atoms with Gasteiger partial charge in [0.25, 0.3) is 5.91 Å². The second-order valence-electron chi connectivity index (χ2n) is 5.67. The first kappa shape index (κ1) is 15.8. The zero-order chi connectivity index (χ0) is 15.1. The standard InChI is InChI=1S/C17H25NO3/c1-18(10-3-2-4-11-19)17(20)13-21-16-9-8-14-6-5-7-15(14)12-16/h8-9,12,19H,2-7,10-11,13H2,1H3. The highest BCUT2D eigenvalue weighted by Gasteiger charge is 2.13. The molecule has 2 rings (SSSR count). The number of aliphatic hydroxyl groups is 1. The van der Waals surface area contributed by atoms with Gasteiger partial charge < -0.3 is 14.7 Å². The largest absolute Gasteiger partial charge is 0.484 e. The van der Waals surface area contributed by atoms with Crippen LogP contribution in [0, 0.1) is 0 Å². The Bertz CT molecular complexity index is 473. The number of benzene rings is 1. The van der Waals surface area contributed by atoms with E-state index in [4.69, 9.17) is 9.84 Å². The van der Waals surface area contributed by atoms with Gasteiger partial charge in [-0.1, -0.05) is 6.07 Å². The normalized spacial score (nSPS) is 13.0. The van der Waals surface area contributed by atoms with Gasteiger partial charge in [0.2, 0.25) is 0 Å². The lowest BCUT2D eigenvalue weighted by atomic mass is 10.1. The van der Waals surface area contributed by atoms with E-state index in [1.54, 1.807) is 11.9 Å². The monoisotopic (exact) mass is 291 g/mol. The molecule has 21 heavy (non-hydrogen) atoms. The van der Waals surface area contributed by atoms with Crippen LogP contribution in [0.25, 0.3) is 0 Å². The van der Waals surface area contributed by atoms with E-state index in [0.717, 1.165) is 37.9 Å². The minimum Gasteiger partial charge on any atom is -0.484 e. The zero-order valence-corrected chi connectivity index (χ0v) is 12.8. The molecule has 0 bridgehead atoms. The van der Waals surface area contributed by atoms with Crippen molar-refractivity contribution in [1.82, 2.24) is 4.90 Å². The number of amides is 1. The van der Waals surface area contributed by atoms with Gasteiger partial charge in [-0.2, -0.15) is 0 Å². The topological polar surface area (TPSA) is 49.8 Å². The number of hydrogen-bond acceptors (Lipinski definition) is 3. The van der Waals surface area contributed by atoms with Crippen LogP contribution in [0.15, 0.2) is 18.2 Å². The molecular weight excluding hydrogens is 266 g/mol. The lowest BCUT2D eigenvalue weighted by molar-refractivity contribution is -0.132. The molecule has 0 heterocycles. The van der Waals surface area contributed by atoms with Crippen LogP contribution >= 0.6 is 0 Å². The highest BCUT2D eigenvalue weighted by Crippen LogP contribution is 2.25. The van der Waals surface area contributed by atoms with E-state index < -0.39 is 0 Å². The molecule has 1 amide bonds. The second-order valence-corrected chi connectivity index (χ2v) is 5.67. The number of carbonyl (C=O) groups excluding carboxylic acids is 1. The Balaban J connectivity index is 1.73. The third-order valence-electron chi connectivity index (χ3n) is 4.01. The van der Waals surface area contributed by atoms with Crippen LogP contribution < -0.4 is 4.74 Å². The molecule has 1 aliphatic carbocycles. The van der Waals surface area contributed by atoms with E-state index in [9.17, 15) is 4.79 Å². The van der Waals surface area contributed by atoms with Crippen LogP contribution in [0.1, 0.15) is 36.8 Å². The number of aryl methyl sites for hydroxylation is 2. The number of nitrogens with zero attached hydrogens (tertiary/aromatic N) is 1. The minimum atomic E-state index is -0.000466. The number of ether oxygens (including phenoxy) is 1. The maximum atomic E-state index is 12.0. The fourth-order valence-electron chi connectivity index (χ4n) is 2.66. The summed E-state index contributed by atoms with van der Waals surface area (Å²) in [5.74, 6) is 0.789. The van der Waals surface area contributed by atoms with Gasteiger partial charge >= 0.3 is 0 Å². The van der Waals surface area contributed by atoms with E-state index >= 15 is 0 Å². The third kappa shape index (κ3) is 4.74. The number of likely N-dealkylation sites (N-methyl/N-ethyl adjacent to an activating group) is 1. The fraction of sp³-hybridized carbons (Fsp3) is 0.588. The first-order chi connectivity index (χ1) is 10.2. The summed E-state index contributed by atoms with van der Waals surface area (Å²) in [5, 5.41) is 8.72. The molecule has 0 saturated carbocycles. The second kappa shape index (κ2) is 8.03. The zero-order valence-electron chi connectivity index (χ0n) is 12.8. The highest BCUT2D eigenvalue weighted by molar-refractivity contribution is 5.77. The summed E-state index contributed by atoms with van der Waals surface area (Å²) in [4.78, 5) is 13.7. The number of carbonyl (C=O) groups is 1. The summed E-state index contributed by atoms with van der Waals surface area (Å²) >= 11 is 0. The van der Waals surface area contributed by atoms with Gasteiger partial charge in [0.1, 0.15) is 5.75 Å². The molecule has 0 aromatic heterocycles. The van der Waals surface area contributed by atoms with Crippen molar-refractivity contribution in [2.24, 2.45) is 0 Å². The quantitative estimate of drug-likeness (QED) is 0.747. The Morgan fingerprint density at radius 3 is 2.86 bits per heavy atom. The van der Waals surface area contributed by atoms with Gasteiger partial charge in [-0.25, -0.2) is 0 Å². The lowest BCUT2D eigenvalue weighted by Gasteiger charge is -2.17. The van der Waals surface area contributed by atoms with Crippen molar-refractivity contribution in [2.75, 3.05) is 26.8 Å². The Labute approximate surface area is 126 Å². The van der Waals surface area contributed by atoms with Gasteiger partial charge in [-0.3, -0.25) is 4.79 Å². The van der Waals surface area contributed by atoms with Crippen LogP contribution in [0.2, 0.25) is 0 Å². The molecule has 1 aliphatic rings. The van der Waals surface area contributed by atoms with Crippen molar-refractivity contribution in [3.8, 4) is 5.75 Å². The van der Waals surface area contributed by atoms with E-state index in [1.807, 2.05) is 6.07 Å². The van der Waals surface area contributed by atoms with Gasteiger partial charge in [0, 0.05) is 20.2 Å². The van der Waals surface area contributed by atoms with Gasteiger partial charge in [-0.05, 0) is 61.8 Å². The van der Waals surface area contributed by atoms with Crippen LogP contribution in [-0.4, -0.2) is 42.7 Å². The Kier molecular flexibility index (Phi) is 6.05. The molecule has 116 valence electrons. The summed E-state index contributed by atoms with van der Waals surface area (Å²) in [5.41, 5.74) is 2.77. The summed E-state index contributed by atoms with van der Waals surface area (Å²) < 4.78 is 5.61. The molecule has 1 aromatic carbocycles.